The molecule has 1 unspecified atom stereocenters. The molecule has 1 heterocycles. The van der Waals surface area contributed by atoms with Gasteiger partial charge >= 0.3 is 0 Å². The molecule has 0 aromatic heterocycles. The van der Waals surface area contributed by atoms with Crippen LogP contribution in [0, 0.1) is 0 Å². The van der Waals surface area contributed by atoms with E-state index in [1.165, 1.54) is 30.7 Å². The number of rotatable bonds is 4. The van der Waals surface area contributed by atoms with Gasteiger partial charge in [-0.05, 0) is 25.5 Å². The first-order valence-electron chi connectivity index (χ1n) is 6.25. The van der Waals surface area contributed by atoms with E-state index < -0.39 is 15.6 Å². The summed E-state index contributed by atoms with van der Waals surface area (Å²) in [6.45, 7) is 2.05. The largest absolute Gasteiger partial charge is 0.493 e. The number of aliphatic hydroxyl groups is 1. The van der Waals surface area contributed by atoms with Crippen molar-refractivity contribution in [2.75, 3.05) is 27.3 Å². The Morgan fingerprint density at radius 3 is 2.40 bits per heavy atom. The van der Waals surface area contributed by atoms with Crippen molar-refractivity contribution in [3.63, 3.8) is 0 Å². The van der Waals surface area contributed by atoms with Crippen LogP contribution in [0.4, 0.5) is 0 Å². The van der Waals surface area contributed by atoms with E-state index in [4.69, 9.17) is 9.47 Å². The highest BCUT2D eigenvalue weighted by Crippen LogP contribution is 2.32. The summed E-state index contributed by atoms with van der Waals surface area (Å²) in [7, 11) is -0.686. The van der Waals surface area contributed by atoms with Gasteiger partial charge in [0.1, 0.15) is 0 Å². The highest BCUT2D eigenvalue weighted by molar-refractivity contribution is 7.89. The van der Waals surface area contributed by atoms with E-state index in [2.05, 4.69) is 0 Å². The molecule has 2 rings (SSSR count). The Morgan fingerprint density at radius 1 is 1.25 bits per heavy atom. The molecule has 1 aliphatic rings. The lowest BCUT2D eigenvalue weighted by Gasteiger charge is -2.19. The van der Waals surface area contributed by atoms with Gasteiger partial charge in [-0.15, -0.1) is 0 Å². The van der Waals surface area contributed by atoms with Gasteiger partial charge in [0.05, 0.1) is 24.7 Å². The van der Waals surface area contributed by atoms with Crippen molar-refractivity contribution in [2.24, 2.45) is 0 Å². The van der Waals surface area contributed by atoms with Crippen LogP contribution in [0.5, 0.6) is 11.5 Å². The zero-order chi connectivity index (χ0) is 15.0. The fourth-order valence-electron chi connectivity index (χ4n) is 2.23. The molecule has 1 N–H and O–H groups in total. The van der Waals surface area contributed by atoms with E-state index >= 15 is 0 Å². The van der Waals surface area contributed by atoms with Crippen molar-refractivity contribution in [3.8, 4) is 11.5 Å². The summed E-state index contributed by atoms with van der Waals surface area (Å²) >= 11 is 0. The summed E-state index contributed by atoms with van der Waals surface area (Å²) in [5.41, 5.74) is -0.969. The fourth-order valence-corrected chi connectivity index (χ4v) is 3.81. The van der Waals surface area contributed by atoms with Gasteiger partial charge < -0.3 is 14.6 Å². The van der Waals surface area contributed by atoms with Crippen LogP contribution in [0.3, 0.4) is 0 Å². The molecule has 1 saturated heterocycles. The standard InChI is InChI=1S/C13H19NO5S/c1-13(15)6-7-14(9-13)20(16,17)10-4-5-11(18-2)12(8-10)19-3/h4-5,8,15H,6-7,9H2,1-3H3. The number of benzene rings is 1. The van der Waals surface area contributed by atoms with Gasteiger partial charge in [0.15, 0.2) is 11.5 Å². The topological polar surface area (TPSA) is 76.1 Å². The third-order valence-electron chi connectivity index (χ3n) is 3.41. The molecular formula is C13H19NO5S. The number of hydrogen-bond donors (Lipinski definition) is 1. The number of methoxy groups -OCH3 is 2. The first kappa shape index (κ1) is 15.1. The van der Waals surface area contributed by atoms with Crippen molar-refractivity contribution in [1.29, 1.82) is 0 Å². The van der Waals surface area contributed by atoms with E-state index in [9.17, 15) is 13.5 Å². The van der Waals surface area contributed by atoms with Crippen LogP contribution < -0.4 is 9.47 Å². The molecule has 0 aliphatic carbocycles. The van der Waals surface area contributed by atoms with E-state index in [0.29, 0.717) is 24.5 Å². The molecule has 0 bridgehead atoms. The Morgan fingerprint density at radius 2 is 1.90 bits per heavy atom. The zero-order valence-electron chi connectivity index (χ0n) is 11.8. The van der Waals surface area contributed by atoms with E-state index in [1.54, 1.807) is 13.0 Å². The smallest absolute Gasteiger partial charge is 0.243 e. The summed E-state index contributed by atoms with van der Waals surface area (Å²) in [4.78, 5) is 0.132. The van der Waals surface area contributed by atoms with Crippen molar-refractivity contribution >= 4 is 10.0 Å². The van der Waals surface area contributed by atoms with Gasteiger partial charge in [-0.25, -0.2) is 8.42 Å². The lowest BCUT2D eigenvalue weighted by atomic mass is 10.1. The third kappa shape index (κ3) is 2.74. The highest BCUT2D eigenvalue weighted by Gasteiger charge is 2.38. The van der Waals surface area contributed by atoms with Crippen LogP contribution >= 0.6 is 0 Å². The van der Waals surface area contributed by atoms with E-state index in [-0.39, 0.29) is 11.4 Å². The van der Waals surface area contributed by atoms with Crippen molar-refractivity contribution in [1.82, 2.24) is 4.31 Å². The summed E-state index contributed by atoms with van der Waals surface area (Å²) in [5.74, 6) is 0.833. The Kier molecular flexibility index (Phi) is 3.95. The number of sulfonamides is 1. The van der Waals surface area contributed by atoms with Crippen LogP contribution in [0.25, 0.3) is 0 Å². The Hall–Kier alpha value is -1.31. The first-order valence-corrected chi connectivity index (χ1v) is 7.69. The Labute approximate surface area is 119 Å². The summed E-state index contributed by atoms with van der Waals surface area (Å²) in [6.07, 6.45) is 0.430. The average molecular weight is 301 g/mol. The predicted molar refractivity (Wildman–Crippen MR) is 73.5 cm³/mol. The Balaban J connectivity index is 2.35. The van der Waals surface area contributed by atoms with Crippen molar-refractivity contribution in [3.05, 3.63) is 18.2 Å². The second-order valence-electron chi connectivity index (χ2n) is 5.10. The summed E-state index contributed by atoms with van der Waals surface area (Å²) in [6, 6.07) is 4.46. The molecule has 1 aromatic rings. The second-order valence-corrected chi connectivity index (χ2v) is 7.04. The van der Waals surface area contributed by atoms with Gasteiger partial charge in [-0.1, -0.05) is 0 Å². The summed E-state index contributed by atoms with van der Waals surface area (Å²) < 4.78 is 36.5. The number of nitrogens with zero attached hydrogens (tertiary/aromatic N) is 1. The van der Waals surface area contributed by atoms with Gasteiger partial charge in [0.2, 0.25) is 10.0 Å². The number of hydrogen-bond acceptors (Lipinski definition) is 5. The molecule has 1 atom stereocenters. The molecule has 20 heavy (non-hydrogen) atoms. The number of ether oxygens (including phenoxy) is 2. The molecule has 112 valence electrons. The quantitative estimate of drug-likeness (QED) is 0.892. The SMILES string of the molecule is COc1ccc(S(=O)(=O)N2CCC(C)(O)C2)cc1OC. The predicted octanol–water partition coefficient (Wildman–Crippen LogP) is 0.849. The minimum Gasteiger partial charge on any atom is -0.493 e. The van der Waals surface area contributed by atoms with E-state index in [0.717, 1.165) is 0 Å². The minimum absolute atomic E-state index is 0.101. The molecule has 0 radical (unpaired) electrons. The van der Waals surface area contributed by atoms with Gasteiger partial charge in [-0.2, -0.15) is 4.31 Å². The van der Waals surface area contributed by atoms with Crippen LogP contribution in [-0.2, 0) is 10.0 Å². The van der Waals surface area contributed by atoms with Crippen molar-refractivity contribution < 1.29 is 23.0 Å². The molecule has 0 amide bonds. The van der Waals surface area contributed by atoms with Crippen LogP contribution in [0.15, 0.2) is 23.1 Å². The lowest BCUT2D eigenvalue weighted by molar-refractivity contribution is 0.0762. The third-order valence-corrected chi connectivity index (χ3v) is 5.25. The van der Waals surface area contributed by atoms with Gasteiger partial charge in [-0.3, -0.25) is 0 Å². The second kappa shape index (κ2) is 5.23. The number of β-amino-alcohol motifs (C(OH)–C–C–N with tert-alkyl or cyclic N) is 1. The molecule has 1 aromatic carbocycles. The Bertz CT molecular complexity index is 597. The average Bonchev–Trinajstić information content (AvgIpc) is 2.78. The first-order chi connectivity index (χ1) is 9.30. The van der Waals surface area contributed by atoms with Crippen molar-refractivity contribution in [2.45, 2.75) is 23.8 Å². The van der Waals surface area contributed by atoms with Gasteiger partial charge in [0, 0.05) is 19.2 Å². The zero-order valence-corrected chi connectivity index (χ0v) is 12.6. The lowest BCUT2D eigenvalue weighted by Crippen LogP contribution is -2.33. The minimum atomic E-state index is -3.63. The van der Waals surface area contributed by atoms with Crippen LogP contribution in [-0.4, -0.2) is 50.7 Å². The normalized spacial score (nSPS) is 23.8. The molecular weight excluding hydrogens is 282 g/mol. The van der Waals surface area contributed by atoms with Crippen LogP contribution in [0.1, 0.15) is 13.3 Å². The fraction of sp³-hybridized carbons (Fsp3) is 0.538. The maximum Gasteiger partial charge on any atom is 0.243 e. The monoisotopic (exact) mass is 301 g/mol. The molecule has 0 saturated carbocycles. The molecule has 1 aliphatic heterocycles. The molecule has 1 fully saturated rings. The highest BCUT2D eigenvalue weighted by atomic mass is 32.2. The molecule has 0 spiro atoms. The molecule has 6 nitrogen and oxygen atoms in total. The molecule has 7 heteroatoms. The van der Waals surface area contributed by atoms with Gasteiger partial charge in [0.25, 0.3) is 0 Å². The van der Waals surface area contributed by atoms with E-state index in [1.807, 2.05) is 0 Å². The van der Waals surface area contributed by atoms with Crippen LogP contribution in [0.2, 0.25) is 0 Å². The maximum atomic E-state index is 12.5. The summed E-state index contributed by atoms with van der Waals surface area (Å²) in [5, 5.41) is 9.91. The maximum absolute atomic E-state index is 12.5.